The molecule has 0 saturated carbocycles. The lowest BCUT2D eigenvalue weighted by Crippen LogP contribution is -2.34. The predicted molar refractivity (Wildman–Crippen MR) is 82.4 cm³/mol. The number of hydrogen-bond donors (Lipinski definition) is 2. The monoisotopic (exact) mass is 316 g/mol. The molecule has 0 aliphatic rings. The maximum atomic E-state index is 12.0. The molecule has 0 radical (unpaired) electrons. The van der Waals surface area contributed by atoms with E-state index in [-0.39, 0.29) is 12.4 Å². The average Bonchev–Trinajstić information content (AvgIpc) is 2.44. The topological polar surface area (TPSA) is 78.9 Å². The van der Waals surface area contributed by atoms with Gasteiger partial charge in [-0.2, -0.15) is 0 Å². The van der Waals surface area contributed by atoms with Crippen molar-refractivity contribution in [2.45, 2.75) is 12.4 Å². The number of aliphatic hydroxyl groups excluding tert-OH is 1. The molecule has 0 unspecified atom stereocenters. The molecule has 0 aliphatic carbocycles. The SMILES string of the molecule is COCCN(C)CCNS(=O)(=O)Cc1cccc(CO)c1. The highest BCUT2D eigenvalue weighted by atomic mass is 32.2. The van der Waals surface area contributed by atoms with Gasteiger partial charge in [0.1, 0.15) is 0 Å². The van der Waals surface area contributed by atoms with Crippen molar-refractivity contribution in [2.24, 2.45) is 0 Å². The molecular weight excluding hydrogens is 292 g/mol. The van der Waals surface area contributed by atoms with Crippen molar-refractivity contribution in [3.05, 3.63) is 35.4 Å². The molecule has 6 nitrogen and oxygen atoms in total. The molecule has 0 saturated heterocycles. The lowest BCUT2D eigenvalue weighted by Gasteiger charge is -2.16. The Bertz CT molecular complexity index is 519. The number of likely N-dealkylation sites (N-methyl/N-ethyl adjacent to an activating group) is 1. The zero-order valence-corrected chi connectivity index (χ0v) is 13.4. The van der Waals surface area contributed by atoms with E-state index in [0.717, 1.165) is 6.54 Å². The maximum absolute atomic E-state index is 12.0. The Kier molecular flexibility index (Phi) is 7.84. The van der Waals surface area contributed by atoms with Crippen LogP contribution in [0.15, 0.2) is 24.3 Å². The standard InChI is InChI=1S/C14H24N2O4S/c1-16(8-9-20-2)7-6-15-21(18,19)12-14-5-3-4-13(10-14)11-17/h3-5,10,15,17H,6-9,11-12H2,1-2H3. The van der Waals surface area contributed by atoms with Gasteiger partial charge in [-0.1, -0.05) is 24.3 Å². The smallest absolute Gasteiger partial charge is 0.215 e. The fraction of sp³-hybridized carbons (Fsp3) is 0.571. The molecule has 1 aromatic rings. The number of sulfonamides is 1. The third-order valence-electron chi connectivity index (χ3n) is 3.02. The second-order valence-corrected chi connectivity index (χ2v) is 6.73. The van der Waals surface area contributed by atoms with Crippen LogP contribution in [0.3, 0.4) is 0 Å². The summed E-state index contributed by atoms with van der Waals surface area (Å²) in [5, 5.41) is 9.05. The van der Waals surface area contributed by atoms with E-state index >= 15 is 0 Å². The molecule has 2 N–H and O–H groups in total. The predicted octanol–water partition coefficient (Wildman–Crippen LogP) is 0.177. The summed E-state index contributed by atoms with van der Waals surface area (Å²) in [6, 6.07) is 6.94. The van der Waals surface area contributed by atoms with Crippen LogP contribution < -0.4 is 4.72 Å². The van der Waals surface area contributed by atoms with Crippen LogP contribution in [-0.4, -0.2) is 58.8 Å². The molecule has 21 heavy (non-hydrogen) atoms. The van der Waals surface area contributed by atoms with E-state index in [1.807, 2.05) is 11.9 Å². The van der Waals surface area contributed by atoms with Gasteiger partial charge in [0, 0.05) is 26.7 Å². The Morgan fingerprint density at radius 3 is 2.67 bits per heavy atom. The van der Waals surface area contributed by atoms with Gasteiger partial charge in [0.25, 0.3) is 0 Å². The average molecular weight is 316 g/mol. The highest BCUT2D eigenvalue weighted by Crippen LogP contribution is 2.08. The van der Waals surface area contributed by atoms with Crippen LogP contribution in [0.5, 0.6) is 0 Å². The number of nitrogens with zero attached hydrogens (tertiary/aromatic N) is 1. The summed E-state index contributed by atoms with van der Waals surface area (Å²) in [5.74, 6) is -0.0807. The maximum Gasteiger partial charge on any atom is 0.215 e. The van der Waals surface area contributed by atoms with E-state index in [4.69, 9.17) is 9.84 Å². The molecule has 0 heterocycles. The Morgan fingerprint density at radius 1 is 1.29 bits per heavy atom. The molecule has 0 bridgehead atoms. The van der Waals surface area contributed by atoms with Gasteiger partial charge >= 0.3 is 0 Å². The molecule has 120 valence electrons. The minimum Gasteiger partial charge on any atom is -0.392 e. The number of rotatable bonds is 10. The van der Waals surface area contributed by atoms with Crippen molar-refractivity contribution in [2.75, 3.05) is 40.4 Å². The van der Waals surface area contributed by atoms with Gasteiger partial charge in [-0.3, -0.25) is 0 Å². The van der Waals surface area contributed by atoms with Gasteiger partial charge in [-0.05, 0) is 18.2 Å². The normalized spacial score (nSPS) is 12.0. The summed E-state index contributed by atoms with van der Waals surface area (Å²) in [6.07, 6.45) is 0. The number of benzene rings is 1. The summed E-state index contributed by atoms with van der Waals surface area (Å²) in [5.41, 5.74) is 1.38. The number of aliphatic hydroxyl groups is 1. The van der Waals surface area contributed by atoms with Crippen LogP contribution >= 0.6 is 0 Å². The molecule has 0 spiro atoms. The first kappa shape index (κ1) is 18.1. The second-order valence-electron chi connectivity index (χ2n) is 4.93. The molecule has 0 amide bonds. The van der Waals surface area contributed by atoms with Crippen LogP contribution in [-0.2, 0) is 27.1 Å². The number of hydrogen-bond acceptors (Lipinski definition) is 5. The van der Waals surface area contributed by atoms with Crippen molar-refractivity contribution in [3.63, 3.8) is 0 Å². The van der Waals surface area contributed by atoms with E-state index in [9.17, 15) is 8.42 Å². The number of nitrogens with one attached hydrogen (secondary N) is 1. The van der Waals surface area contributed by atoms with Crippen molar-refractivity contribution >= 4 is 10.0 Å². The zero-order valence-electron chi connectivity index (χ0n) is 12.6. The first-order valence-electron chi connectivity index (χ1n) is 6.80. The van der Waals surface area contributed by atoms with Crippen molar-refractivity contribution in [1.82, 2.24) is 9.62 Å². The van der Waals surface area contributed by atoms with Gasteiger partial charge in [-0.25, -0.2) is 13.1 Å². The quantitative estimate of drug-likeness (QED) is 0.644. The highest BCUT2D eigenvalue weighted by molar-refractivity contribution is 7.88. The Hall–Kier alpha value is -0.990. The molecule has 0 aromatic heterocycles. The van der Waals surface area contributed by atoms with E-state index in [0.29, 0.717) is 30.8 Å². The van der Waals surface area contributed by atoms with Crippen molar-refractivity contribution in [1.29, 1.82) is 0 Å². The van der Waals surface area contributed by atoms with Crippen LogP contribution in [0.2, 0.25) is 0 Å². The Balaban J connectivity index is 2.43. The van der Waals surface area contributed by atoms with Crippen LogP contribution in [0.4, 0.5) is 0 Å². The largest absolute Gasteiger partial charge is 0.392 e. The van der Waals surface area contributed by atoms with Gasteiger partial charge < -0.3 is 14.7 Å². The van der Waals surface area contributed by atoms with Gasteiger partial charge in [0.05, 0.1) is 19.0 Å². The summed E-state index contributed by atoms with van der Waals surface area (Å²) >= 11 is 0. The number of ether oxygens (including phenoxy) is 1. The Morgan fingerprint density at radius 2 is 2.00 bits per heavy atom. The molecule has 1 rings (SSSR count). The first-order valence-corrected chi connectivity index (χ1v) is 8.45. The summed E-state index contributed by atoms with van der Waals surface area (Å²) < 4.78 is 31.5. The summed E-state index contributed by atoms with van der Waals surface area (Å²) in [7, 11) is 0.185. The third kappa shape index (κ3) is 7.54. The van der Waals surface area contributed by atoms with Gasteiger partial charge in [0.15, 0.2) is 0 Å². The van der Waals surface area contributed by atoms with Crippen molar-refractivity contribution < 1.29 is 18.3 Å². The minimum atomic E-state index is -3.37. The van der Waals surface area contributed by atoms with Gasteiger partial charge in [-0.15, -0.1) is 0 Å². The lowest BCUT2D eigenvalue weighted by molar-refractivity contribution is 0.162. The highest BCUT2D eigenvalue weighted by Gasteiger charge is 2.11. The minimum absolute atomic E-state index is 0.0807. The molecular formula is C14H24N2O4S. The first-order chi connectivity index (χ1) is 9.96. The third-order valence-corrected chi connectivity index (χ3v) is 4.38. The molecule has 0 fully saturated rings. The fourth-order valence-electron chi connectivity index (χ4n) is 1.84. The number of methoxy groups -OCH3 is 1. The van der Waals surface area contributed by atoms with Crippen LogP contribution in [0.1, 0.15) is 11.1 Å². The molecule has 0 aliphatic heterocycles. The summed E-state index contributed by atoms with van der Waals surface area (Å²) in [4.78, 5) is 2.00. The second kappa shape index (κ2) is 9.11. The van der Waals surface area contributed by atoms with Gasteiger partial charge in [0.2, 0.25) is 10.0 Å². The molecule has 0 atom stereocenters. The van der Waals surface area contributed by atoms with E-state index < -0.39 is 10.0 Å². The van der Waals surface area contributed by atoms with E-state index in [2.05, 4.69) is 4.72 Å². The fourth-order valence-corrected chi connectivity index (χ4v) is 2.96. The molecule has 7 heteroatoms. The van der Waals surface area contributed by atoms with Crippen LogP contribution in [0, 0.1) is 0 Å². The van der Waals surface area contributed by atoms with E-state index in [1.165, 1.54) is 0 Å². The zero-order chi connectivity index (χ0) is 15.7. The summed E-state index contributed by atoms with van der Waals surface area (Å²) in [6.45, 7) is 2.28. The van der Waals surface area contributed by atoms with E-state index in [1.54, 1.807) is 31.4 Å². The molecule has 1 aromatic carbocycles. The van der Waals surface area contributed by atoms with Crippen molar-refractivity contribution in [3.8, 4) is 0 Å². The lowest BCUT2D eigenvalue weighted by atomic mass is 10.1. The van der Waals surface area contributed by atoms with Crippen LogP contribution in [0.25, 0.3) is 0 Å². The Labute approximate surface area is 126 Å².